The normalized spacial score (nSPS) is 10.7. The highest BCUT2D eigenvalue weighted by Gasteiger charge is 2.08. The standard InChI is InChI=1S/C23H20IN7O/c1-32-20-13-11-19(12-14-20)27-22-28-21(26-18-5-3-2-4-6-18)29-23(30-22)31-25-15-16-7-9-17(24)10-8-16/h2-15H,1H3,(H3,26,27,28,29,30,31). The maximum atomic E-state index is 5.21. The van der Waals surface area contributed by atoms with Gasteiger partial charge < -0.3 is 15.4 Å². The van der Waals surface area contributed by atoms with Crippen molar-refractivity contribution in [2.75, 3.05) is 23.2 Å². The second kappa shape index (κ2) is 10.5. The van der Waals surface area contributed by atoms with Gasteiger partial charge in [0.1, 0.15) is 5.75 Å². The minimum absolute atomic E-state index is 0.302. The zero-order chi connectivity index (χ0) is 22.2. The number of hydrogen-bond donors (Lipinski definition) is 3. The number of rotatable bonds is 8. The molecule has 4 rings (SSSR count). The van der Waals surface area contributed by atoms with Crippen LogP contribution in [0.3, 0.4) is 0 Å². The van der Waals surface area contributed by atoms with Crippen molar-refractivity contribution in [3.05, 3.63) is 88.0 Å². The molecular formula is C23H20IN7O. The quantitative estimate of drug-likeness (QED) is 0.157. The van der Waals surface area contributed by atoms with Gasteiger partial charge in [-0.25, -0.2) is 5.43 Å². The van der Waals surface area contributed by atoms with Crippen molar-refractivity contribution < 1.29 is 4.74 Å². The summed E-state index contributed by atoms with van der Waals surface area (Å²) in [5.74, 6) is 1.82. The lowest BCUT2D eigenvalue weighted by atomic mass is 10.2. The predicted molar refractivity (Wildman–Crippen MR) is 136 cm³/mol. The lowest BCUT2D eigenvalue weighted by Crippen LogP contribution is -2.07. The van der Waals surface area contributed by atoms with E-state index < -0.39 is 0 Å². The molecule has 8 nitrogen and oxygen atoms in total. The van der Waals surface area contributed by atoms with Crippen molar-refractivity contribution in [2.45, 2.75) is 0 Å². The number of para-hydroxylation sites is 1. The number of methoxy groups -OCH3 is 1. The summed E-state index contributed by atoms with van der Waals surface area (Å²) < 4.78 is 6.37. The monoisotopic (exact) mass is 537 g/mol. The van der Waals surface area contributed by atoms with Crippen LogP contribution in [0.5, 0.6) is 5.75 Å². The van der Waals surface area contributed by atoms with Crippen molar-refractivity contribution in [3.63, 3.8) is 0 Å². The van der Waals surface area contributed by atoms with Gasteiger partial charge in [0.2, 0.25) is 17.8 Å². The third-order valence-corrected chi connectivity index (χ3v) is 4.98. The molecule has 1 heterocycles. The van der Waals surface area contributed by atoms with E-state index in [0.717, 1.165) is 26.3 Å². The molecule has 0 spiro atoms. The first-order valence-corrected chi connectivity index (χ1v) is 10.8. The molecule has 1 aromatic heterocycles. The van der Waals surface area contributed by atoms with Gasteiger partial charge in [0.25, 0.3) is 0 Å². The molecule has 0 radical (unpaired) electrons. The van der Waals surface area contributed by atoms with Gasteiger partial charge in [0.15, 0.2) is 0 Å². The van der Waals surface area contributed by atoms with Crippen molar-refractivity contribution >= 4 is 58.0 Å². The molecule has 4 aromatic rings. The second-order valence-electron chi connectivity index (χ2n) is 6.57. The van der Waals surface area contributed by atoms with Crippen LogP contribution in [0.25, 0.3) is 0 Å². The molecule has 9 heteroatoms. The number of anilines is 5. The van der Waals surface area contributed by atoms with Crippen LogP contribution >= 0.6 is 22.6 Å². The highest BCUT2D eigenvalue weighted by Crippen LogP contribution is 2.20. The van der Waals surface area contributed by atoms with Gasteiger partial charge in [-0.15, -0.1) is 0 Å². The number of hydrazone groups is 1. The Kier molecular flexibility index (Phi) is 7.08. The fraction of sp³-hybridized carbons (Fsp3) is 0.0435. The SMILES string of the molecule is COc1ccc(Nc2nc(NN=Cc3ccc(I)cc3)nc(Nc3ccccc3)n2)cc1. The third kappa shape index (κ3) is 6.14. The molecular weight excluding hydrogens is 517 g/mol. The van der Waals surface area contributed by atoms with Gasteiger partial charge in [-0.2, -0.15) is 20.1 Å². The lowest BCUT2D eigenvalue weighted by Gasteiger charge is -2.10. The molecule has 32 heavy (non-hydrogen) atoms. The maximum Gasteiger partial charge on any atom is 0.250 e. The summed E-state index contributed by atoms with van der Waals surface area (Å²) >= 11 is 2.26. The molecule has 0 saturated carbocycles. The van der Waals surface area contributed by atoms with Crippen molar-refractivity contribution in [2.24, 2.45) is 5.10 Å². The fourth-order valence-electron chi connectivity index (χ4n) is 2.71. The number of ether oxygens (including phenoxy) is 1. The van der Waals surface area contributed by atoms with Gasteiger partial charge in [0, 0.05) is 14.9 Å². The Hall–Kier alpha value is -3.73. The Bertz CT molecular complexity index is 1180. The minimum atomic E-state index is 0.302. The molecule has 0 bridgehead atoms. The summed E-state index contributed by atoms with van der Waals surface area (Å²) in [5.41, 5.74) is 5.53. The molecule has 0 aliphatic rings. The molecule has 160 valence electrons. The molecule has 3 N–H and O–H groups in total. The molecule has 0 atom stereocenters. The average molecular weight is 537 g/mol. The molecule has 0 aliphatic carbocycles. The van der Waals surface area contributed by atoms with Crippen LogP contribution in [0.4, 0.5) is 29.2 Å². The topological polar surface area (TPSA) is 96.4 Å². The van der Waals surface area contributed by atoms with E-state index in [2.05, 4.69) is 58.7 Å². The van der Waals surface area contributed by atoms with Crippen molar-refractivity contribution in [3.8, 4) is 5.75 Å². The van der Waals surface area contributed by atoms with Crippen LogP contribution in [0.2, 0.25) is 0 Å². The molecule has 3 aromatic carbocycles. The van der Waals surface area contributed by atoms with Crippen LogP contribution < -0.4 is 20.8 Å². The average Bonchev–Trinajstić information content (AvgIpc) is 2.81. The van der Waals surface area contributed by atoms with Crippen LogP contribution in [0.15, 0.2) is 84.0 Å². The number of aromatic nitrogens is 3. The summed E-state index contributed by atoms with van der Waals surface area (Å²) in [7, 11) is 1.63. The van der Waals surface area contributed by atoms with E-state index >= 15 is 0 Å². The lowest BCUT2D eigenvalue weighted by molar-refractivity contribution is 0.415. The van der Waals surface area contributed by atoms with Gasteiger partial charge in [-0.05, 0) is 76.7 Å². The van der Waals surface area contributed by atoms with Crippen LogP contribution in [-0.2, 0) is 0 Å². The van der Waals surface area contributed by atoms with Crippen LogP contribution in [0.1, 0.15) is 5.56 Å². The Balaban J connectivity index is 1.56. The van der Waals surface area contributed by atoms with E-state index in [-0.39, 0.29) is 0 Å². The summed E-state index contributed by atoms with van der Waals surface area (Å²) in [6, 6.07) is 25.2. The number of nitrogens with zero attached hydrogens (tertiary/aromatic N) is 4. The zero-order valence-corrected chi connectivity index (χ0v) is 19.3. The number of halogens is 1. The fourth-order valence-corrected chi connectivity index (χ4v) is 3.06. The summed E-state index contributed by atoms with van der Waals surface area (Å²) in [5, 5.41) is 10.6. The number of hydrogen-bond acceptors (Lipinski definition) is 8. The van der Waals surface area contributed by atoms with E-state index in [1.165, 1.54) is 0 Å². The highest BCUT2D eigenvalue weighted by molar-refractivity contribution is 14.1. The van der Waals surface area contributed by atoms with Gasteiger partial charge in [-0.3, -0.25) is 0 Å². The Morgan fingerprint density at radius 1 is 0.750 bits per heavy atom. The largest absolute Gasteiger partial charge is 0.497 e. The molecule has 0 aliphatic heterocycles. The zero-order valence-electron chi connectivity index (χ0n) is 17.2. The minimum Gasteiger partial charge on any atom is -0.497 e. The van der Waals surface area contributed by atoms with Gasteiger partial charge in [-0.1, -0.05) is 30.3 Å². The molecule has 0 amide bonds. The van der Waals surface area contributed by atoms with Crippen LogP contribution in [0, 0.1) is 3.57 Å². The maximum absolute atomic E-state index is 5.21. The van der Waals surface area contributed by atoms with E-state index in [9.17, 15) is 0 Å². The van der Waals surface area contributed by atoms with Crippen molar-refractivity contribution in [1.82, 2.24) is 15.0 Å². The molecule has 0 fully saturated rings. The summed E-state index contributed by atoms with van der Waals surface area (Å²) in [6.07, 6.45) is 1.71. The first kappa shape index (κ1) is 21.5. The van der Waals surface area contributed by atoms with Crippen molar-refractivity contribution in [1.29, 1.82) is 0 Å². The number of nitrogens with one attached hydrogen (secondary N) is 3. The first-order valence-electron chi connectivity index (χ1n) is 9.72. The first-order chi connectivity index (χ1) is 15.7. The van der Waals surface area contributed by atoms with Gasteiger partial charge in [0.05, 0.1) is 13.3 Å². The highest BCUT2D eigenvalue weighted by atomic mass is 127. The smallest absolute Gasteiger partial charge is 0.250 e. The Morgan fingerprint density at radius 3 is 1.97 bits per heavy atom. The third-order valence-electron chi connectivity index (χ3n) is 4.26. The Morgan fingerprint density at radius 2 is 1.34 bits per heavy atom. The second-order valence-corrected chi connectivity index (χ2v) is 7.82. The van der Waals surface area contributed by atoms with E-state index in [0.29, 0.717) is 17.8 Å². The van der Waals surface area contributed by atoms with Crippen LogP contribution in [-0.4, -0.2) is 28.3 Å². The Labute approximate surface area is 199 Å². The predicted octanol–water partition coefficient (Wildman–Crippen LogP) is 5.42. The molecule has 0 unspecified atom stereocenters. The molecule has 0 saturated heterocycles. The van der Waals surface area contributed by atoms with Gasteiger partial charge >= 0.3 is 0 Å². The van der Waals surface area contributed by atoms with E-state index in [1.807, 2.05) is 78.9 Å². The number of benzene rings is 3. The summed E-state index contributed by atoms with van der Waals surface area (Å²) in [4.78, 5) is 13.3. The van der Waals surface area contributed by atoms with E-state index in [4.69, 9.17) is 4.74 Å². The van der Waals surface area contributed by atoms with E-state index in [1.54, 1.807) is 13.3 Å². The summed E-state index contributed by atoms with van der Waals surface area (Å²) in [6.45, 7) is 0.